The minimum Gasteiger partial charge on any atom is -0.454 e. The molecule has 1 aromatic heterocycles. The molecule has 5 nitrogen and oxygen atoms in total. The van der Waals surface area contributed by atoms with Crippen molar-refractivity contribution in [2.24, 2.45) is 0 Å². The first kappa shape index (κ1) is 16.6. The van der Waals surface area contributed by atoms with E-state index in [-0.39, 0.29) is 11.5 Å². The summed E-state index contributed by atoms with van der Waals surface area (Å²) in [7, 11) is 0. The summed E-state index contributed by atoms with van der Waals surface area (Å²) in [6.07, 6.45) is 0. The standard InChI is InChI=1S/C21H20N2O3S/c1-13-11-23(7-6-22-13)16-4-2-14-9-20(27-21(24)17(14)10-16)15-3-5-18-19(8-15)26-12-25-18/h2-5,8-10,13,22H,6-7,11-12H2,1H3/t13-/m0/s1. The summed E-state index contributed by atoms with van der Waals surface area (Å²) in [5.41, 5.74) is 2.10. The average Bonchev–Trinajstić information content (AvgIpc) is 3.15. The van der Waals surface area contributed by atoms with Crippen molar-refractivity contribution in [3.63, 3.8) is 0 Å². The molecule has 27 heavy (non-hydrogen) atoms. The van der Waals surface area contributed by atoms with Gasteiger partial charge in [-0.15, -0.1) is 0 Å². The van der Waals surface area contributed by atoms with Crippen LogP contribution in [0.2, 0.25) is 0 Å². The van der Waals surface area contributed by atoms with Crippen molar-refractivity contribution in [2.75, 3.05) is 31.3 Å². The first-order chi connectivity index (χ1) is 13.2. The van der Waals surface area contributed by atoms with Crippen LogP contribution in [0.4, 0.5) is 5.69 Å². The van der Waals surface area contributed by atoms with Crippen LogP contribution in [0.1, 0.15) is 6.92 Å². The van der Waals surface area contributed by atoms with Crippen LogP contribution in [-0.2, 0) is 0 Å². The van der Waals surface area contributed by atoms with Crippen LogP contribution >= 0.6 is 11.3 Å². The van der Waals surface area contributed by atoms with Gasteiger partial charge in [0.1, 0.15) is 0 Å². The third-order valence-electron chi connectivity index (χ3n) is 5.14. The first-order valence-corrected chi connectivity index (χ1v) is 9.95. The van der Waals surface area contributed by atoms with E-state index in [0.717, 1.165) is 58.0 Å². The summed E-state index contributed by atoms with van der Waals surface area (Å²) in [6.45, 7) is 5.32. The van der Waals surface area contributed by atoms with Crippen molar-refractivity contribution in [3.05, 3.63) is 52.0 Å². The molecule has 1 fully saturated rings. The van der Waals surface area contributed by atoms with Gasteiger partial charge in [0.25, 0.3) is 0 Å². The Bertz CT molecular complexity index is 1080. The molecule has 1 N–H and O–H groups in total. The van der Waals surface area contributed by atoms with Gasteiger partial charge in [-0.3, -0.25) is 4.79 Å². The van der Waals surface area contributed by atoms with Crippen molar-refractivity contribution in [3.8, 4) is 21.9 Å². The van der Waals surface area contributed by atoms with Crippen LogP contribution in [0, 0.1) is 0 Å². The topological polar surface area (TPSA) is 50.8 Å². The zero-order valence-electron chi connectivity index (χ0n) is 15.0. The number of nitrogens with zero attached hydrogens (tertiary/aromatic N) is 1. The van der Waals surface area contributed by atoms with Gasteiger partial charge in [-0.25, -0.2) is 0 Å². The molecule has 0 spiro atoms. The number of anilines is 1. The van der Waals surface area contributed by atoms with Gasteiger partial charge in [-0.2, -0.15) is 0 Å². The maximum Gasteiger partial charge on any atom is 0.240 e. The first-order valence-electron chi connectivity index (χ1n) is 9.14. The molecule has 3 aromatic rings. The van der Waals surface area contributed by atoms with E-state index in [0.29, 0.717) is 6.04 Å². The summed E-state index contributed by atoms with van der Waals surface area (Å²) < 4.78 is 10.9. The van der Waals surface area contributed by atoms with Crippen molar-refractivity contribution in [1.82, 2.24) is 5.32 Å². The van der Waals surface area contributed by atoms with E-state index in [9.17, 15) is 4.79 Å². The lowest BCUT2D eigenvalue weighted by Gasteiger charge is -2.33. The fourth-order valence-electron chi connectivity index (χ4n) is 3.73. The third-order valence-corrected chi connectivity index (χ3v) is 6.12. The van der Waals surface area contributed by atoms with Crippen LogP contribution in [0.5, 0.6) is 11.5 Å². The second kappa shape index (κ2) is 6.55. The van der Waals surface area contributed by atoms with Crippen molar-refractivity contribution >= 4 is 27.8 Å². The molecule has 0 unspecified atom stereocenters. The van der Waals surface area contributed by atoms with Gasteiger partial charge in [-0.1, -0.05) is 17.4 Å². The number of fused-ring (bicyclic) bond motifs is 2. The number of nitrogens with one attached hydrogen (secondary N) is 1. The summed E-state index contributed by atoms with van der Waals surface area (Å²) in [6, 6.07) is 14.6. The van der Waals surface area contributed by atoms with E-state index < -0.39 is 0 Å². The van der Waals surface area contributed by atoms with E-state index in [1.165, 1.54) is 11.3 Å². The summed E-state index contributed by atoms with van der Waals surface area (Å²) in [4.78, 5) is 16.1. The SMILES string of the molecule is C[C@H]1CN(c2ccc3cc(-c4ccc5c(c4)OCO5)sc(=O)c3c2)CCN1. The number of benzene rings is 2. The minimum absolute atomic E-state index is 0.0881. The molecule has 6 heteroatoms. The van der Waals surface area contributed by atoms with Gasteiger partial charge >= 0.3 is 0 Å². The highest BCUT2D eigenvalue weighted by molar-refractivity contribution is 7.13. The Kier molecular flexibility index (Phi) is 4.02. The summed E-state index contributed by atoms with van der Waals surface area (Å²) >= 11 is 1.28. The van der Waals surface area contributed by atoms with Crippen molar-refractivity contribution in [2.45, 2.75) is 13.0 Å². The van der Waals surface area contributed by atoms with Crippen LogP contribution in [0.3, 0.4) is 0 Å². The molecular weight excluding hydrogens is 360 g/mol. The van der Waals surface area contributed by atoms with Crippen LogP contribution in [0.15, 0.2) is 47.3 Å². The summed E-state index contributed by atoms with van der Waals surface area (Å²) in [5, 5.41) is 5.21. The van der Waals surface area contributed by atoms with Gasteiger partial charge in [0, 0.05) is 41.6 Å². The Morgan fingerprint density at radius 1 is 1.11 bits per heavy atom. The Morgan fingerprint density at radius 3 is 2.89 bits per heavy atom. The molecule has 2 aromatic carbocycles. The maximum absolute atomic E-state index is 12.8. The fourth-order valence-corrected chi connectivity index (χ4v) is 4.65. The molecule has 0 aliphatic carbocycles. The van der Waals surface area contributed by atoms with E-state index in [2.05, 4.69) is 35.3 Å². The van der Waals surface area contributed by atoms with Gasteiger partial charge < -0.3 is 19.7 Å². The van der Waals surface area contributed by atoms with Gasteiger partial charge in [0.05, 0.1) is 0 Å². The number of ether oxygens (including phenoxy) is 2. The Balaban J connectivity index is 1.54. The summed E-state index contributed by atoms with van der Waals surface area (Å²) in [5.74, 6) is 1.48. The number of piperazine rings is 1. The lowest BCUT2D eigenvalue weighted by molar-refractivity contribution is 0.174. The molecule has 0 radical (unpaired) electrons. The Labute approximate surface area is 161 Å². The highest BCUT2D eigenvalue weighted by Crippen LogP contribution is 2.37. The van der Waals surface area contributed by atoms with Gasteiger partial charge in [-0.05, 0) is 54.3 Å². The van der Waals surface area contributed by atoms with Crippen LogP contribution < -0.4 is 24.4 Å². The van der Waals surface area contributed by atoms with Crippen LogP contribution in [0.25, 0.3) is 21.2 Å². The van der Waals surface area contributed by atoms with Crippen molar-refractivity contribution in [1.29, 1.82) is 0 Å². The molecule has 2 aliphatic heterocycles. The number of hydrogen-bond donors (Lipinski definition) is 1. The average molecular weight is 380 g/mol. The predicted octanol–water partition coefficient (Wildman–Crippen LogP) is 3.46. The molecule has 3 heterocycles. The monoisotopic (exact) mass is 380 g/mol. The minimum atomic E-state index is 0.0881. The Morgan fingerprint density at radius 2 is 2.00 bits per heavy atom. The third kappa shape index (κ3) is 3.05. The van der Waals surface area contributed by atoms with E-state index >= 15 is 0 Å². The molecule has 1 atom stereocenters. The molecule has 0 bridgehead atoms. The van der Waals surface area contributed by atoms with Gasteiger partial charge in [0.2, 0.25) is 11.5 Å². The zero-order valence-corrected chi connectivity index (χ0v) is 15.8. The molecule has 1 saturated heterocycles. The maximum atomic E-state index is 12.8. The van der Waals surface area contributed by atoms with E-state index in [1.54, 1.807) is 0 Å². The second-order valence-electron chi connectivity index (χ2n) is 7.04. The number of rotatable bonds is 2. The highest BCUT2D eigenvalue weighted by atomic mass is 32.1. The quantitative estimate of drug-likeness (QED) is 0.738. The molecule has 138 valence electrons. The molecule has 2 aliphatic rings. The lowest BCUT2D eigenvalue weighted by atomic mass is 10.1. The van der Waals surface area contributed by atoms with Crippen LogP contribution in [-0.4, -0.2) is 32.5 Å². The van der Waals surface area contributed by atoms with Crippen molar-refractivity contribution < 1.29 is 9.47 Å². The zero-order chi connectivity index (χ0) is 18.4. The number of hydrogen-bond acceptors (Lipinski definition) is 6. The largest absolute Gasteiger partial charge is 0.454 e. The van der Waals surface area contributed by atoms with E-state index in [4.69, 9.17) is 9.47 Å². The predicted molar refractivity (Wildman–Crippen MR) is 109 cm³/mol. The second-order valence-corrected chi connectivity index (χ2v) is 8.05. The molecular formula is C21H20N2O3S. The van der Waals surface area contributed by atoms with Gasteiger partial charge in [0.15, 0.2) is 11.5 Å². The van der Waals surface area contributed by atoms with E-state index in [1.807, 2.05) is 24.3 Å². The lowest BCUT2D eigenvalue weighted by Crippen LogP contribution is -2.49. The highest BCUT2D eigenvalue weighted by Gasteiger charge is 2.18. The fraction of sp³-hybridized carbons (Fsp3) is 0.286. The molecule has 0 amide bonds. The smallest absolute Gasteiger partial charge is 0.240 e. The Hall–Kier alpha value is -2.57. The molecule has 5 rings (SSSR count). The molecule has 0 saturated carbocycles. The normalized spacial score (nSPS) is 18.9.